The molecule has 1 atom stereocenters. The number of aliphatic imine (C=N–C) groups is 1. The second-order valence-electron chi connectivity index (χ2n) is 7.57. The average Bonchev–Trinajstić information content (AvgIpc) is 2.88. The molecule has 32 heavy (non-hydrogen) atoms. The number of rotatable bonds is 4. The van der Waals surface area contributed by atoms with Gasteiger partial charge < -0.3 is 4.74 Å². The summed E-state index contributed by atoms with van der Waals surface area (Å²) in [6.07, 6.45) is 0. The van der Waals surface area contributed by atoms with Crippen LogP contribution in [0.1, 0.15) is 27.5 Å². The highest BCUT2D eigenvalue weighted by Gasteiger charge is 2.36. The third kappa shape index (κ3) is 3.56. The van der Waals surface area contributed by atoms with Gasteiger partial charge in [0.15, 0.2) is 0 Å². The van der Waals surface area contributed by atoms with Gasteiger partial charge in [0, 0.05) is 5.56 Å². The summed E-state index contributed by atoms with van der Waals surface area (Å²) in [4.78, 5) is 20.8. The van der Waals surface area contributed by atoms with Crippen LogP contribution in [0, 0.1) is 0 Å². The Hall–Kier alpha value is -4.18. The molecule has 0 aliphatic carbocycles. The van der Waals surface area contributed by atoms with Gasteiger partial charge in [-0.25, -0.2) is 4.99 Å². The van der Waals surface area contributed by atoms with Crippen LogP contribution in [-0.2, 0) is 0 Å². The summed E-state index contributed by atoms with van der Waals surface area (Å²) in [5, 5.41) is 0. The van der Waals surface area contributed by atoms with Gasteiger partial charge >= 0.3 is 0 Å². The summed E-state index contributed by atoms with van der Waals surface area (Å²) < 4.78 is 5.27. The van der Waals surface area contributed by atoms with Crippen molar-refractivity contribution in [2.75, 3.05) is 12.0 Å². The molecule has 4 aromatic rings. The van der Waals surface area contributed by atoms with E-state index in [1.807, 2.05) is 102 Å². The summed E-state index contributed by atoms with van der Waals surface area (Å²) >= 11 is 0. The molecule has 0 fully saturated rings. The number of para-hydroxylation sites is 2. The molecular weight excluding hydrogens is 396 g/mol. The number of ether oxygens (including phenoxy) is 1. The number of anilines is 1. The summed E-state index contributed by atoms with van der Waals surface area (Å²) in [6.45, 7) is 0. The summed E-state index contributed by atoms with van der Waals surface area (Å²) in [5.41, 5.74) is 5.00. The van der Waals surface area contributed by atoms with Gasteiger partial charge in [-0.3, -0.25) is 9.69 Å². The lowest BCUT2D eigenvalue weighted by atomic mass is 9.91. The molecule has 4 heteroatoms. The number of carbonyl (C=O) groups excluding carboxylic acids is 1. The smallest absolute Gasteiger partial charge is 0.259 e. The van der Waals surface area contributed by atoms with Crippen molar-refractivity contribution in [2.24, 2.45) is 4.99 Å². The summed E-state index contributed by atoms with van der Waals surface area (Å²) in [7, 11) is 1.62. The number of hydrogen-bond acceptors (Lipinski definition) is 3. The molecule has 4 aromatic carbocycles. The number of amides is 1. The Labute approximate surface area is 187 Å². The van der Waals surface area contributed by atoms with Crippen LogP contribution in [0.4, 0.5) is 11.4 Å². The molecule has 0 N–H and O–H groups in total. The van der Waals surface area contributed by atoms with Gasteiger partial charge in [-0.15, -0.1) is 0 Å². The van der Waals surface area contributed by atoms with Gasteiger partial charge in [-0.05, 0) is 47.5 Å². The number of benzene rings is 4. The Bertz CT molecular complexity index is 1270. The Balaban J connectivity index is 1.72. The van der Waals surface area contributed by atoms with Crippen LogP contribution < -0.4 is 9.64 Å². The maximum absolute atomic E-state index is 14.0. The van der Waals surface area contributed by atoms with E-state index < -0.39 is 0 Å². The van der Waals surface area contributed by atoms with Gasteiger partial charge in [0.1, 0.15) is 11.8 Å². The predicted octanol–water partition coefficient (Wildman–Crippen LogP) is 6.22. The number of methoxy groups -OCH3 is 1. The average molecular weight is 418 g/mol. The third-order valence-corrected chi connectivity index (χ3v) is 5.64. The van der Waals surface area contributed by atoms with Crippen molar-refractivity contribution in [1.29, 1.82) is 0 Å². The zero-order chi connectivity index (χ0) is 21.9. The Morgan fingerprint density at radius 3 is 2.09 bits per heavy atom. The lowest BCUT2D eigenvalue weighted by Crippen LogP contribution is -2.41. The summed E-state index contributed by atoms with van der Waals surface area (Å²) in [6, 6.07) is 34.8. The quantitative estimate of drug-likeness (QED) is 0.395. The van der Waals surface area contributed by atoms with E-state index in [1.165, 1.54) is 0 Å². The molecule has 0 radical (unpaired) electrons. The summed E-state index contributed by atoms with van der Waals surface area (Å²) in [5.74, 6) is 0.629. The minimum absolute atomic E-state index is 0.0858. The molecule has 4 nitrogen and oxygen atoms in total. The third-order valence-electron chi connectivity index (χ3n) is 5.64. The van der Waals surface area contributed by atoms with E-state index in [0.717, 1.165) is 28.2 Å². The Morgan fingerprint density at radius 2 is 1.41 bits per heavy atom. The molecule has 0 spiro atoms. The monoisotopic (exact) mass is 418 g/mol. The molecule has 0 aromatic heterocycles. The van der Waals surface area contributed by atoms with E-state index in [1.54, 1.807) is 19.2 Å². The van der Waals surface area contributed by atoms with Gasteiger partial charge in [-0.1, -0.05) is 72.8 Å². The van der Waals surface area contributed by atoms with Crippen LogP contribution in [-0.4, -0.2) is 18.7 Å². The van der Waals surface area contributed by atoms with Crippen molar-refractivity contribution in [3.05, 3.63) is 126 Å². The van der Waals surface area contributed by atoms with Crippen LogP contribution in [0.3, 0.4) is 0 Å². The lowest BCUT2D eigenvalue weighted by Gasteiger charge is -2.37. The first-order valence-corrected chi connectivity index (χ1v) is 10.5. The minimum atomic E-state index is -0.358. The molecule has 1 aliphatic rings. The SMILES string of the molecule is COc1ccc(C(=O)N2c3ccccc3N=C(c3ccccc3)C2c2ccccc2)cc1. The highest BCUT2D eigenvalue weighted by molar-refractivity contribution is 6.18. The maximum atomic E-state index is 14.0. The second kappa shape index (κ2) is 8.52. The fourth-order valence-corrected chi connectivity index (χ4v) is 4.09. The van der Waals surface area contributed by atoms with Crippen molar-refractivity contribution < 1.29 is 9.53 Å². The Morgan fingerprint density at radius 1 is 0.781 bits per heavy atom. The van der Waals surface area contributed by atoms with Crippen LogP contribution in [0.5, 0.6) is 5.75 Å². The fourth-order valence-electron chi connectivity index (χ4n) is 4.09. The van der Waals surface area contributed by atoms with Crippen molar-refractivity contribution in [3.63, 3.8) is 0 Å². The van der Waals surface area contributed by atoms with E-state index >= 15 is 0 Å². The minimum Gasteiger partial charge on any atom is -0.497 e. The maximum Gasteiger partial charge on any atom is 0.259 e. The van der Waals surface area contributed by atoms with Crippen molar-refractivity contribution >= 4 is 23.0 Å². The van der Waals surface area contributed by atoms with Gasteiger partial charge in [-0.2, -0.15) is 0 Å². The van der Waals surface area contributed by atoms with Crippen LogP contribution in [0.2, 0.25) is 0 Å². The van der Waals surface area contributed by atoms with Crippen molar-refractivity contribution in [2.45, 2.75) is 6.04 Å². The molecule has 1 amide bonds. The van der Waals surface area contributed by atoms with E-state index in [2.05, 4.69) is 0 Å². The van der Waals surface area contributed by atoms with E-state index in [9.17, 15) is 4.79 Å². The first kappa shape index (κ1) is 19.8. The zero-order valence-corrected chi connectivity index (χ0v) is 17.7. The van der Waals surface area contributed by atoms with E-state index in [4.69, 9.17) is 9.73 Å². The van der Waals surface area contributed by atoms with E-state index in [0.29, 0.717) is 11.3 Å². The molecule has 0 saturated heterocycles. The molecule has 1 unspecified atom stereocenters. The molecule has 0 saturated carbocycles. The molecular formula is C28H22N2O2. The number of fused-ring (bicyclic) bond motifs is 1. The van der Waals surface area contributed by atoms with Crippen LogP contribution in [0.15, 0.2) is 114 Å². The molecule has 5 rings (SSSR count). The zero-order valence-electron chi connectivity index (χ0n) is 17.7. The molecule has 1 heterocycles. The van der Waals surface area contributed by atoms with Gasteiger partial charge in [0.2, 0.25) is 0 Å². The van der Waals surface area contributed by atoms with Crippen LogP contribution in [0.25, 0.3) is 0 Å². The highest BCUT2D eigenvalue weighted by Crippen LogP contribution is 2.42. The predicted molar refractivity (Wildman–Crippen MR) is 128 cm³/mol. The molecule has 156 valence electrons. The van der Waals surface area contributed by atoms with Gasteiger partial charge in [0.05, 0.1) is 24.2 Å². The fraction of sp³-hybridized carbons (Fsp3) is 0.0714. The van der Waals surface area contributed by atoms with Crippen molar-refractivity contribution in [3.8, 4) is 5.75 Å². The van der Waals surface area contributed by atoms with Gasteiger partial charge in [0.25, 0.3) is 5.91 Å². The second-order valence-corrected chi connectivity index (χ2v) is 7.57. The first-order valence-electron chi connectivity index (χ1n) is 10.5. The lowest BCUT2D eigenvalue weighted by molar-refractivity contribution is 0.0982. The number of carbonyl (C=O) groups is 1. The largest absolute Gasteiger partial charge is 0.497 e. The molecule has 0 bridgehead atoms. The standard InChI is InChI=1S/C28H22N2O2/c1-32-23-18-16-22(17-19-23)28(31)30-25-15-9-8-14-24(25)29-26(20-10-4-2-5-11-20)27(30)21-12-6-3-7-13-21/h2-19,27H,1H3. The Kier molecular flexibility index (Phi) is 5.26. The van der Waals surface area contributed by atoms with Crippen molar-refractivity contribution in [1.82, 2.24) is 0 Å². The highest BCUT2D eigenvalue weighted by atomic mass is 16.5. The van der Waals surface area contributed by atoms with Crippen LogP contribution >= 0.6 is 0 Å². The normalized spacial score (nSPS) is 15.0. The molecule has 1 aliphatic heterocycles. The number of nitrogens with zero attached hydrogens (tertiary/aromatic N) is 2. The topological polar surface area (TPSA) is 41.9 Å². The van der Waals surface area contributed by atoms with E-state index in [-0.39, 0.29) is 11.9 Å². The first-order chi connectivity index (χ1) is 15.8. The number of hydrogen-bond donors (Lipinski definition) is 0.